The highest BCUT2D eigenvalue weighted by Gasteiger charge is 2.18. The van der Waals surface area contributed by atoms with E-state index in [1.54, 1.807) is 42.5 Å². The van der Waals surface area contributed by atoms with Crippen LogP contribution in [0.15, 0.2) is 48.8 Å². The molecule has 0 fully saturated rings. The summed E-state index contributed by atoms with van der Waals surface area (Å²) in [7, 11) is 0. The molecule has 3 aromatic rings. The number of benzene rings is 2. The first-order valence-corrected chi connectivity index (χ1v) is 8.29. The van der Waals surface area contributed by atoms with Gasteiger partial charge in [-0.15, -0.1) is 5.10 Å². The van der Waals surface area contributed by atoms with Gasteiger partial charge >= 0.3 is 0 Å². The maximum absolute atomic E-state index is 12.3. The summed E-state index contributed by atoms with van der Waals surface area (Å²) in [5.41, 5.74) is 2.03. The third-order valence-corrected chi connectivity index (χ3v) is 4.47. The molecule has 1 amide bonds. The Balaban J connectivity index is 1.68. The number of nitrogens with zero attached hydrogens (tertiary/aromatic N) is 5. The molecule has 26 heavy (non-hydrogen) atoms. The van der Waals surface area contributed by atoms with Crippen molar-refractivity contribution in [3.63, 3.8) is 0 Å². The topological polar surface area (TPSA) is 96.5 Å². The van der Waals surface area contributed by atoms with Crippen LogP contribution in [0.5, 0.6) is 0 Å². The molecule has 0 radical (unpaired) electrons. The van der Waals surface area contributed by atoms with Crippen molar-refractivity contribution in [2.45, 2.75) is 12.5 Å². The Morgan fingerprint density at radius 2 is 2.00 bits per heavy atom. The van der Waals surface area contributed by atoms with E-state index in [9.17, 15) is 10.1 Å². The quantitative estimate of drug-likeness (QED) is 0.726. The van der Waals surface area contributed by atoms with Crippen molar-refractivity contribution in [1.29, 1.82) is 5.26 Å². The Morgan fingerprint density at radius 1 is 1.23 bits per heavy atom. The number of rotatable bonds is 5. The second-order valence-corrected chi connectivity index (χ2v) is 6.16. The number of halogens is 2. The van der Waals surface area contributed by atoms with E-state index in [2.05, 4.69) is 20.8 Å². The van der Waals surface area contributed by atoms with Crippen LogP contribution in [0.4, 0.5) is 0 Å². The average molecular weight is 387 g/mol. The van der Waals surface area contributed by atoms with E-state index in [-0.39, 0.29) is 17.4 Å². The van der Waals surface area contributed by atoms with Gasteiger partial charge in [0.25, 0.3) is 0 Å². The van der Waals surface area contributed by atoms with Gasteiger partial charge in [-0.2, -0.15) is 5.26 Å². The zero-order valence-electron chi connectivity index (χ0n) is 13.3. The van der Waals surface area contributed by atoms with Gasteiger partial charge in [0.15, 0.2) is 0 Å². The second kappa shape index (κ2) is 7.95. The molecule has 1 N–H and O–H groups in total. The molecule has 1 atom stereocenters. The smallest absolute Gasteiger partial charge is 0.225 e. The van der Waals surface area contributed by atoms with Crippen molar-refractivity contribution in [3.05, 3.63) is 70.0 Å². The highest BCUT2D eigenvalue weighted by molar-refractivity contribution is 6.42. The van der Waals surface area contributed by atoms with Gasteiger partial charge in [-0.3, -0.25) is 4.79 Å². The maximum Gasteiger partial charge on any atom is 0.225 e. The lowest BCUT2D eigenvalue weighted by atomic mass is 10.1. The monoisotopic (exact) mass is 386 g/mol. The summed E-state index contributed by atoms with van der Waals surface area (Å²) >= 11 is 12.1. The third-order valence-electron chi connectivity index (χ3n) is 3.64. The van der Waals surface area contributed by atoms with Crippen LogP contribution < -0.4 is 5.32 Å². The number of carbonyl (C=O) groups is 1. The van der Waals surface area contributed by atoms with E-state index in [1.165, 1.54) is 11.0 Å². The Hall–Kier alpha value is -2.95. The SMILES string of the molecule is N#CC(NC(=O)Cc1ccc(-n2cnnn2)cc1)c1cccc(Cl)c1Cl. The Kier molecular flexibility index (Phi) is 5.46. The predicted molar refractivity (Wildman–Crippen MR) is 95.8 cm³/mol. The van der Waals surface area contributed by atoms with Gasteiger partial charge in [0.1, 0.15) is 12.4 Å². The highest BCUT2D eigenvalue weighted by Crippen LogP contribution is 2.29. The first-order valence-electron chi connectivity index (χ1n) is 7.53. The molecule has 9 heteroatoms. The molecular formula is C17H12Cl2N6O. The molecule has 130 valence electrons. The number of hydrogen-bond acceptors (Lipinski definition) is 5. The summed E-state index contributed by atoms with van der Waals surface area (Å²) in [6.07, 6.45) is 1.60. The van der Waals surface area contributed by atoms with Crippen molar-refractivity contribution in [2.75, 3.05) is 0 Å². The minimum absolute atomic E-state index is 0.117. The minimum atomic E-state index is -0.880. The number of aromatic nitrogens is 4. The van der Waals surface area contributed by atoms with Gasteiger partial charge in [-0.05, 0) is 34.2 Å². The summed E-state index contributed by atoms with van der Waals surface area (Å²) < 4.78 is 1.51. The van der Waals surface area contributed by atoms with Crippen molar-refractivity contribution in [3.8, 4) is 11.8 Å². The zero-order chi connectivity index (χ0) is 18.5. The number of nitriles is 1. The zero-order valence-corrected chi connectivity index (χ0v) is 14.8. The summed E-state index contributed by atoms with van der Waals surface area (Å²) in [5, 5.41) is 23.5. The van der Waals surface area contributed by atoms with Crippen LogP contribution in [0.3, 0.4) is 0 Å². The summed E-state index contributed by atoms with van der Waals surface area (Å²) in [4.78, 5) is 12.3. The molecule has 0 aliphatic carbocycles. The van der Waals surface area contributed by atoms with Crippen LogP contribution >= 0.6 is 23.2 Å². The molecule has 0 aliphatic rings. The summed E-state index contributed by atoms with van der Waals surface area (Å²) in [6, 6.07) is 13.3. The predicted octanol–water partition coefficient (Wildman–Crippen LogP) is 2.89. The fourth-order valence-electron chi connectivity index (χ4n) is 2.37. The van der Waals surface area contributed by atoms with Crippen LogP contribution in [0.25, 0.3) is 5.69 Å². The maximum atomic E-state index is 12.3. The Bertz CT molecular complexity index is 950. The molecule has 3 rings (SSSR count). The van der Waals surface area contributed by atoms with Gasteiger partial charge in [-0.1, -0.05) is 47.5 Å². The fraction of sp³-hybridized carbons (Fsp3) is 0.118. The molecular weight excluding hydrogens is 375 g/mol. The van der Waals surface area contributed by atoms with Crippen LogP contribution in [0.2, 0.25) is 10.0 Å². The first-order chi connectivity index (χ1) is 12.6. The number of carbonyl (C=O) groups excluding carboxylic acids is 1. The van der Waals surface area contributed by atoms with Gasteiger partial charge < -0.3 is 5.32 Å². The molecule has 2 aromatic carbocycles. The van der Waals surface area contributed by atoms with Crippen LogP contribution in [-0.4, -0.2) is 26.1 Å². The van der Waals surface area contributed by atoms with Gasteiger partial charge in [-0.25, -0.2) is 4.68 Å². The van der Waals surface area contributed by atoms with E-state index in [4.69, 9.17) is 23.2 Å². The number of amides is 1. The largest absolute Gasteiger partial charge is 0.336 e. The highest BCUT2D eigenvalue weighted by atomic mass is 35.5. The van der Waals surface area contributed by atoms with Crippen LogP contribution in [0, 0.1) is 11.3 Å². The van der Waals surface area contributed by atoms with Crippen molar-refractivity contribution < 1.29 is 4.79 Å². The molecule has 7 nitrogen and oxygen atoms in total. The number of hydrogen-bond donors (Lipinski definition) is 1. The molecule has 0 bridgehead atoms. The number of tetrazole rings is 1. The van der Waals surface area contributed by atoms with E-state index >= 15 is 0 Å². The van der Waals surface area contributed by atoms with E-state index in [1.807, 2.05) is 6.07 Å². The Labute approximate surface area is 159 Å². The molecule has 0 saturated heterocycles. The second-order valence-electron chi connectivity index (χ2n) is 5.37. The molecule has 1 aromatic heterocycles. The lowest BCUT2D eigenvalue weighted by Gasteiger charge is -2.14. The third kappa shape index (κ3) is 3.99. The minimum Gasteiger partial charge on any atom is -0.336 e. The molecule has 0 aliphatic heterocycles. The first kappa shape index (κ1) is 17.9. The van der Waals surface area contributed by atoms with Gasteiger partial charge in [0.2, 0.25) is 5.91 Å². The fourth-order valence-corrected chi connectivity index (χ4v) is 2.78. The standard InChI is InChI=1S/C17H12Cl2N6O/c18-14-3-1-2-13(17(14)19)15(9-20)22-16(26)8-11-4-6-12(7-5-11)25-10-21-23-24-25/h1-7,10,15H,8H2,(H,22,26). The van der Waals surface area contributed by atoms with Gasteiger partial charge in [0.05, 0.1) is 28.2 Å². The molecule has 0 spiro atoms. The van der Waals surface area contributed by atoms with Crippen LogP contribution in [0.1, 0.15) is 17.2 Å². The van der Waals surface area contributed by atoms with Gasteiger partial charge in [0, 0.05) is 5.56 Å². The number of nitrogens with one attached hydrogen (secondary N) is 1. The lowest BCUT2D eigenvalue weighted by molar-refractivity contribution is -0.120. The van der Waals surface area contributed by atoms with Crippen molar-refractivity contribution >= 4 is 29.1 Å². The van der Waals surface area contributed by atoms with Crippen molar-refractivity contribution in [2.24, 2.45) is 0 Å². The van der Waals surface area contributed by atoms with Crippen LogP contribution in [-0.2, 0) is 11.2 Å². The normalized spacial score (nSPS) is 11.6. The molecule has 0 saturated carbocycles. The molecule has 1 unspecified atom stereocenters. The average Bonchev–Trinajstić information content (AvgIpc) is 3.17. The van der Waals surface area contributed by atoms with Crippen molar-refractivity contribution in [1.82, 2.24) is 25.5 Å². The lowest BCUT2D eigenvalue weighted by Crippen LogP contribution is -2.29. The summed E-state index contributed by atoms with van der Waals surface area (Å²) in [6.45, 7) is 0. The Morgan fingerprint density at radius 3 is 2.65 bits per heavy atom. The van der Waals surface area contributed by atoms with E-state index in [0.29, 0.717) is 10.6 Å². The van der Waals surface area contributed by atoms with E-state index < -0.39 is 6.04 Å². The molecule has 1 heterocycles. The summed E-state index contributed by atoms with van der Waals surface area (Å²) in [5.74, 6) is -0.303. The van der Waals surface area contributed by atoms with E-state index in [0.717, 1.165) is 11.3 Å².